The molecule has 0 spiro atoms. The van der Waals surface area contributed by atoms with E-state index in [2.05, 4.69) is 0 Å². The summed E-state index contributed by atoms with van der Waals surface area (Å²) in [7, 11) is 0. The number of hydrogen-bond donors (Lipinski definition) is 3. The van der Waals surface area contributed by atoms with E-state index < -0.39 is 52.4 Å². The number of aliphatic hydroxyl groups excluding tert-OH is 2. The van der Waals surface area contributed by atoms with Crippen LogP contribution in [0.25, 0.3) is 0 Å². The number of carbonyl (C=O) groups is 2. The van der Waals surface area contributed by atoms with Crippen LogP contribution in [0.2, 0.25) is 0 Å². The maximum Gasteiger partial charge on any atom is 0.178 e. The van der Waals surface area contributed by atoms with Crippen molar-refractivity contribution in [1.29, 1.82) is 0 Å². The summed E-state index contributed by atoms with van der Waals surface area (Å²) >= 11 is 0. The van der Waals surface area contributed by atoms with Crippen molar-refractivity contribution >= 4 is 11.6 Å². The summed E-state index contributed by atoms with van der Waals surface area (Å²) in [4.78, 5) is 24.4. The Morgan fingerprint density at radius 2 is 1.93 bits per heavy atom. The summed E-state index contributed by atoms with van der Waals surface area (Å²) in [6.45, 7) is 4.48. The van der Waals surface area contributed by atoms with E-state index >= 15 is 4.39 Å². The van der Waals surface area contributed by atoms with E-state index in [0.29, 0.717) is 18.4 Å². The molecule has 0 aromatic carbocycles. The highest BCUT2D eigenvalue weighted by atomic mass is 19.1. The Labute approximate surface area is 164 Å². The minimum Gasteiger partial charge on any atom is -0.390 e. The van der Waals surface area contributed by atoms with E-state index in [1.807, 2.05) is 6.92 Å². The van der Waals surface area contributed by atoms with Crippen LogP contribution in [-0.2, 0) is 9.59 Å². The van der Waals surface area contributed by atoms with Gasteiger partial charge in [0, 0.05) is 11.3 Å². The average Bonchev–Trinajstić information content (AvgIpc) is 2.81. The molecule has 0 aromatic rings. The lowest BCUT2D eigenvalue weighted by Crippen LogP contribution is -2.66. The van der Waals surface area contributed by atoms with Gasteiger partial charge in [-0.1, -0.05) is 18.6 Å². The number of Topliss-reactive ketones (excluding diaryl/α,β-unsaturated/α-hetero) is 1. The minimum atomic E-state index is -1.98. The van der Waals surface area contributed by atoms with Crippen LogP contribution in [-0.4, -0.2) is 50.9 Å². The Kier molecular flexibility index (Phi) is 4.15. The molecule has 6 heteroatoms. The number of alkyl halides is 1. The number of carbonyl (C=O) groups excluding carboxylic acids is 2. The largest absolute Gasteiger partial charge is 0.390 e. The molecule has 3 saturated carbocycles. The van der Waals surface area contributed by atoms with Crippen molar-refractivity contribution in [2.75, 3.05) is 6.61 Å². The standard InChI is InChI=1S/C22H29FO5/c1-19-10-17(27)22(23)14(5-4-12-8-13(25)6-7-20(12,22)2)15(19)9-21(3,28)18(19)16(26)11-24/h6-8,14-15,17-18,24,27-28H,4-5,9-11H2,1-3H3/t14-,15-,17-,18+,19-,20-,21+,22-/m0/s1. The van der Waals surface area contributed by atoms with Gasteiger partial charge in [0.15, 0.2) is 17.2 Å². The normalized spacial score (nSPS) is 52.5. The number of halogens is 1. The molecule has 5 nitrogen and oxygen atoms in total. The van der Waals surface area contributed by atoms with Crippen molar-refractivity contribution in [2.24, 2.45) is 28.6 Å². The highest BCUT2D eigenvalue weighted by molar-refractivity contribution is 6.01. The zero-order valence-electron chi connectivity index (χ0n) is 16.6. The second-order valence-corrected chi connectivity index (χ2v) is 9.97. The second-order valence-electron chi connectivity index (χ2n) is 9.97. The van der Waals surface area contributed by atoms with E-state index in [-0.39, 0.29) is 24.5 Å². The van der Waals surface area contributed by atoms with Crippen LogP contribution in [0.4, 0.5) is 4.39 Å². The molecule has 0 bridgehead atoms. The van der Waals surface area contributed by atoms with Crippen LogP contribution in [0.1, 0.15) is 46.5 Å². The number of ketones is 2. The van der Waals surface area contributed by atoms with E-state index in [1.165, 1.54) is 12.2 Å². The SMILES string of the molecule is C[C@]12C[C@H](O)[C@@]3(F)[C@@H](CCC4=CC(=O)C=C[C@@]43C)[C@@H]1C[C@@](C)(O)[C@@H]2C(=O)CO. The first-order valence-corrected chi connectivity index (χ1v) is 10.1. The van der Waals surface area contributed by atoms with Crippen LogP contribution in [0.3, 0.4) is 0 Å². The molecule has 4 rings (SSSR count). The summed E-state index contributed by atoms with van der Waals surface area (Å²) in [6, 6.07) is 0. The highest BCUT2D eigenvalue weighted by Crippen LogP contribution is 2.70. The molecule has 0 radical (unpaired) electrons. The first-order valence-electron chi connectivity index (χ1n) is 10.1. The maximum atomic E-state index is 16.9. The first kappa shape index (κ1) is 19.9. The molecule has 0 aromatic heterocycles. The Morgan fingerprint density at radius 1 is 1.25 bits per heavy atom. The van der Waals surface area contributed by atoms with Crippen molar-refractivity contribution in [3.8, 4) is 0 Å². The molecule has 3 fully saturated rings. The molecule has 4 aliphatic carbocycles. The predicted octanol–water partition coefficient (Wildman–Crippen LogP) is 1.90. The molecule has 4 aliphatic rings. The lowest BCUT2D eigenvalue weighted by Gasteiger charge is -2.61. The summed E-state index contributed by atoms with van der Waals surface area (Å²) in [6.07, 6.45) is 4.38. The van der Waals surface area contributed by atoms with Crippen LogP contribution < -0.4 is 0 Å². The zero-order valence-corrected chi connectivity index (χ0v) is 16.6. The minimum absolute atomic E-state index is 0.0296. The fourth-order valence-corrected chi connectivity index (χ4v) is 7.39. The van der Waals surface area contributed by atoms with Gasteiger partial charge in [-0.15, -0.1) is 0 Å². The molecular formula is C22H29FO5. The Bertz CT molecular complexity index is 801. The third-order valence-corrected chi connectivity index (χ3v) is 8.47. The molecule has 3 N–H and O–H groups in total. The van der Waals surface area contributed by atoms with E-state index in [0.717, 1.165) is 0 Å². The Morgan fingerprint density at radius 3 is 2.57 bits per heavy atom. The monoisotopic (exact) mass is 392 g/mol. The third kappa shape index (κ3) is 2.22. The van der Waals surface area contributed by atoms with Gasteiger partial charge in [0.05, 0.1) is 17.6 Å². The summed E-state index contributed by atoms with van der Waals surface area (Å²) in [5, 5.41) is 31.6. The fraction of sp³-hybridized carbons (Fsp3) is 0.727. The van der Waals surface area contributed by atoms with Crippen molar-refractivity contribution in [1.82, 2.24) is 0 Å². The topological polar surface area (TPSA) is 94.8 Å². The van der Waals surface area contributed by atoms with Gasteiger partial charge in [-0.3, -0.25) is 9.59 Å². The van der Waals surface area contributed by atoms with Crippen LogP contribution in [0.5, 0.6) is 0 Å². The van der Waals surface area contributed by atoms with Crippen molar-refractivity contribution < 1.29 is 29.3 Å². The first-order chi connectivity index (χ1) is 12.9. The lowest BCUT2D eigenvalue weighted by molar-refractivity contribution is -0.196. The highest BCUT2D eigenvalue weighted by Gasteiger charge is 2.73. The lowest BCUT2D eigenvalue weighted by atomic mass is 9.45. The van der Waals surface area contributed by atoms with Crippen LogP contribution >= 0.6 is 0 Å². The Balaban J connectivity index is 1.83. The second kappa shape index (κ2) is 5.83. The number of fused-ring (bicyclic) bond motifs is 5. The van der Waals surface area contributed by atoms with Gasteiger partial charge in [-0.05, 0) is 63.0 Å². The van der Waals surface area contributed by atoms with Gasteiger partial charge in [-0.2, -0.15) is 0 Å². The number of hydrogen-bond acceptors (Lipinski definition) is 5. The fourth-order valence-electron chi connectivity index (χ4n) is 7.39. The molecule has 154 valence electrons. The molecule has 8 atom stereocenters. The number of allylic oxidation sites excluding steroid dienone is 4. The number of rotatable bonds is 2. The predicted molar refractivity (Wildman–Crippen MR) is 99.9 cm³/mol. The third-order valence-electron chi connectivity index (χ3n) is 8.47. The van der Waals surface area contributed by atoms with Crippen molar-refractivity contribution in [3.05, 3.63) is 23.8 Å². The molecule has 0 amide bonds. The van der Waals surface area contributed by atoms with Crippen LogP contribution in [0.15, 0.2) is 23.8 Å². The van der Waals surface area contributed by atoms with Gasteiger partial charge in [0.25, 0.3) is 0 Å². The Hall–Kier alpha value is -1.37. The van der Waals surface area contributed by atoms with Gasteiger partial charge in [0.1, 0.15) is 6.61 Å². The van der Waals surface area contributed by atoms with E-state index in [4.69, 9.17) is 0 Å². The summed E-state index contributed by atoms with van der Waals surface area (Å²) in [5.74, 6) is -2.33. The molecule has 0 heterocycles. The van der Waals surface area contributed by atoms with E-state index in [1.54, 1.807) is 19.9 Å². The van der Waals surface area contributed by atoms with Gasteiger partial charge in [-0.25, -0.2) is 4.39 Å². The number of aliphatic hydroxyl groups is 3. The van der Waals surface area contributed by atoms with Crippen molar-refractivity contribution in [2.45, 2.75) is 63.8 Å². The van der Waals surface area contributed by atoms with E-state index in [9.17, 15) is 24.9 Å². The summed E-state index contributed by atoms with van der Waals surface area (Å²) in [5.41, 5.74) is -4.52. The van der Waals surface area contributed by atoms with Gasteiger partial charge >= 0.3 is 0 Å². The van der Waals surface area contributed by atoms with Crippen molar-refractivity contribution in [3.63, 3.8) is 0 Å². The van der Waals surface area contributed by atoms with Crippen LogP contribution in [0, 0.1) is 28.6 Å². The summed E-state index contributed by atoms with van der Waals surface area (Å²) < 4.78 is 16.9. The zero-order chi connectivity index (χ0) is 20.7. The molecular weight excluding hydrogens is 363 g/mol. The van der Waals surface area contributed by atoms with Gasteiger partial charge in [0.2, 0.25) is 0 Å². The molecule has 0 aliphatic heterocycles. The average molecular weight is 392 g/mol. The van der Waals surface area contributed by atoms with Gasteiger partial charge < -0.3 is 15.3 Å². The molecule has 28 heavy (non-hydrogen) atoms. The quantitative estimate of drug-likeness (QED) is 0.667. The molecule has 0 saturated heterocycles. The smallest absolute Gasteiger partial charge is 0.178 e. The molecule has 0 unspecified atom stereocenters. The maximum absolute atomic E-state index is 16.9.